The third-order valence-corrected chi connectivity index (χ3v) is 3.41. The molecule has 1 amide bonds. The van der Waals surface area contributed by atoms with Gasteiger partial charge in [-0.2, -0.15) is 5.10 Å². The van der Waals surface area contributed by atoms with Crippen LogP contribution in [0.25, 0.3) is 0 Å². The van der Waals surface area contributed by atoms with E-state index in [1.54, 1.807) is 24.4 Å². The molecule has 6 nitrogen and oxygen atoms in total. The Morgan fingerprint density at radius 1 is 1.39 bits per heavy atom. The number of aryl methyl sites for hydroxylation is 2. The van der Waals surface area contributed by atoms with Crippen molar-refractivity contribution < 1.29 is 9.53 Å². The zero-order valence-corrected chi connectivity index (χ0v) is 13.5. The fourth-order valence-corrected chi connectivity index (χ4v) is 2.10. The number of amides is 1. The fraction of sp³-hybridized carbons (Fsp3) is 0.312. The monoisotopic (exact) mass is 335 g/mol. The van der Waals surface area contributed by atoms with Crippen LogP contribution in [0.15, 0.2) is 41.3 Å². The number of hydrogen-bond acceptors (Lipinski definition) is 4. The van der Waals surface area contributed by atoms with Crippen LogP contribution in [0, 0.1) is 6.92 Å². The Hall–Kier alpha value is -2.34. The maximum Gasteiger partial charge on any atom is 0.266 e. The minimum Gasteiger partial charge on any atom is -0.482 e. The number of aromatic nitrogens is 2. The van der Waals surface area contributed by atoms with Gasteiger partial charge in [0.15, 0.2) is 6.61 Å². The van der Waals surface area contributed by atoms with Gasteiger partial charge in [0.25, 0.3) is 11.5 Å². The molecule has 0 unspecified atom stereocenters. The van der Waals surface area contributed by atoms with Crippen molar-refractivity contribution in [2.45, 2.75) is 19.9 Å². The van der Waals surface area contributed by atoms with E-state index in [1.807, 2.05) is 13.0 Å². The minimum absolute atomic E-state index is 0.104. The summed E-state index contributed by atoms with van der Waals surface area (Å²) in [6, 6.07) is 8.42. The van der Waals surface area contributed by atoms with E-state index in [0.717, 1.165) is 5.56 Å². The molecule has 0 aliphatic carbocycles. The smallest absolute Gasteiger partial charge is 0.266 e. The number of carbonyl (C=O) groups excluding carboxylic acids is 1. The Balaban J connectivity index is 1.70. The van der Waals surface area contributed by atoms with Crippen molar-refractivity contribution in [1.82, 2.24) is 15.1 Å². The maximum absolute atomic E-state index is 11.7. The Labute approximate surface area is 139 Å². The van der Waals surface area contributed by atoms with Gasteiger partial charge in [0.2, 0.25) is 0 Å². The van der Waals surface area contributed by atoms with E-state index >= 15 is 0 Å². The van der Waals surface area contributed by atoms with Crippen LogP contribution >= 0.6 is 11.6 Å². The molecule has 0 atom stereocenters. The summed E-state index contributed by atoms with van der Waals surface area (Å²) in [4.78, 5) is 23.2. The number of nitrogens with zero attached hydrogens (tertiary/aromatic N) is 2. The summed E-state index contributed by atoms with van der Waals surface area (Å²) in [5.74, 6) is 0.248. The molecule has 0 bridgehead atoms. The fourth-order valence-electron chi connectivity index (χ4n) is 1.93. The van der Waals surface area contributed by atoms with Crippen molar-refractivity contribution in [1.29, 1.82) is 0 Å². The highest BCUT2D eigenvalue weighted by Crippen LogP contribution is 2.24. The number of benzene rings is 1. The minimum atomic E-state index is -0.240. The molecule has 122 valence electrons. The lowest BCUT2D eigenvalue weighted by molar-refractivity contribution is -0.123. The first kappa shape index (κ1) is 17.0. The van der Waals surface area contributed by atoms with Gasteiger partial charge < -0.3 is 10.1 Å². The predicted octanol–water partition coefficient (Wildman–Crippen LogP) is 1.79. The standard InChI is InChI=1S/C16H18ClN3O3/c1-12-5-6-13(17)14(10-12)23-11-15(21)18-7-3-9-20-16(22)4-2-8-19-20/h2,4-6,8,10H,3,7,9,11H2,1H3,(H,18,21). The molecule has 0 fully saturated rings. The Bertz CT molecular complexity index is 731. The molecule has 0 radical (unpaired) electrons. The first-order chi connectivity index (χ1) is 11.1. The maximum atomic E-state index is 11.7. The normalized spacial score (nSPS) is 10.3. The van der Waals surface area contributed by atoms with Gasteiger partial charge in [-0.1, -0.05) is 17.7 Å². The molecule has 1 N–H and O–H groups in total. The molecule has 23 heavy (non-hydrogen) atoms. The first-order valence-corrected chi connectivity index (χ1v) is 7.62. The Morgan fingerprint density at radius 3 is 3.00 bits per heavy atom. The number of carbonyl (C=O) groups is 1. The average Bonchev–Trinajstić information content (AvgIpc) is 2.54. The largest absolute Gasteiger partial charge is 0.482 e. The quantitative estimate of drug-likeness (QED) is 0.783. The van der Waals surface area contributed by atoms with Crippen LogP contribution in [-0.4, -0.2) is 28.8 Å². The van der Waals surface area contributed by atoms with E-state index in [-0.39, 0.29) is 18.1 Å². The van der Waals surface area contributed by atoms with Gasteiger partial charge in [-0.25, -0.2) is 4.68 Å². The Kier molecular flexibility index (Phi) is 6.17. The number of rotatable bonds is 7. The molecule has 0 spiro atoms. The molecule has 0 aliphatic rings. The Morgan fingerprint density at radius 2 is 2.22 bits per heavy atom. The summed E-state index contributed by atoms with van der Waals surface area (Å²) in [5.41, 5.74) is 0.849. The number of hydrogen-bond donors (Lipinski definition) is 1. The van der Waals surface area contributed by atoms with Gasteiger partial charge in [0.1, 0.15) is 5.75 Å². The summed E-state index contributed by atoms with van der Waals surface area (Å²) in [6.07, 6.45) is 2.16. The van der Waals surface area contributed by atoms with Crippen LogP contribution in [-0.2, 0) is 11.3 Å². The van der Waals surface area contributed by atoms with Gasteiger partial charge in [-0.05, 0) is 37.1 Å². The summed E-state index contributed by atoms with van der Waals surface area (Å²) in [5, 5.41) is 7.14. The molecule has 7 heteroatoms. The van der Waals surface area contributed by atoms with Crippen molar-refractivity contribution in [3.05, 3.63) is 57.5 Å². The molecular formula is C16H18ClN3O3. The molecule has 1 aromatic heterocycles. The summed E-state index contributed by atoms with van der Waals surface area (Å²) in [6.45, 7) is 2.70. The summed E-state index contributed by atoms with van der Waals surface area (Å²) in [7, 11) is 0. The van der Waals surface area contributed by atoms with Gasteiger partial charge in [-0.15, -0.1) is 0 Å². The van der Waals surface area contributed by atoms with Crippen molar-refractivity contribution in [3.8, 4) is 5.75 Å². The highest BCUT2D eigenvalue weighted by molar-refractivity contribution is 6.32. The van der Waals surface area contributed by atoms with Gasteiger partial charge >= 0.3 is 0 Å². The highest BCUT2D eigenvalue weighted by atomic mass is 35.5. The van der Waals surface area contributed by atoms with Crippen LogP contribution in [0.3, 0.4) is 0 Å². The lowest BCUT2D eigenvalue weighted by atomic mass is 10.2. The van der Waals surface area contributed by atoms with Gasteiger partial charge in [0, 0.05) is 25.4 Å². The van der Waals surface area contributed by atoms with Gasteiger partial charge in [-0.3, -0.25) is 9.59 Å². The van der Waals surface area contributed by atoms with Crippen molar-refractivity contribution in [2.75, 3.05) is 13.2 Å². The molecule has 0 aliphatic heterocycles. The summed E-state index contributed by atoms with van der Waals surface area (Å²) < 4.78 is 6.76. The van der Waals surface area contributed by atoms with Crippen LogP contribution < -0.4 is 15.6 Å². The lowest BCUT2D eigenvalue weighted by Crippen LogP contribution is -2.31. The lowest BCUT2D eigenvalue weighted by Gasteiger charge is -2.09. The number of ether oxygens (including phenoxy) is 1. The first-order valence-electron chi connectivity index (χ1n) is 7.24. The third-order valence-electron chi connectivity index (χ3n) is 3.10. The molecule has 0 saturated heterocycles. The zero-order chi connectivity index (χ0) is 16.7. The van der Waals surface area contributed by atoms with Crippen molar-refractivity contribution in [2.24, 2.45) is 0 Å². The van der Waals surface area contributed by atoms with Gasteiger partial charge in [0.05, 0.1) is 5.02 Å². The van der Waals surface area contributed by atoms with Crippen LogP contribution in [0.2, 0.25) is 5.02 Å². The van der Waals surface area contributed by atoms with E-state index in [1.165, 1.54) is 10.7 Å². The molecule has 0 saturated carbocycles. The topological polar surface area (TPSA) is 73.2 Å². The number of nitrogens with one attached hydrogen (secondary N) is 1. The molecule has 1 heterocycles. The molecular weight excluding hydrogens is 318 g/mol. The van der Waals surface area contributed by atoms with E-state index in [2.05, 4.69) is 10.4 Å². The third kappa shape index (κ3) is 5.41. The second-order valence-electron chi connectivity index (χ2n) is 5.01. The highest BCUT2D eigenvalue weighted by Gasteiger charge is 2.06. The van der Waals surface area contributed by atoms with E-state index in [0.29, 0.717) is 30.3 Å². The average molecular weight is 336 g/mol. The molecule has 2 rings (SSSR count). The van der Waals surface area contributed by atoms with Crippen LogP contribution in [0.5, 0.6) is 5.75 Å². The van der Waals surface area contributed by atoms with E-state index in [4.69, 9.17) is 16.3 Å². The molecule has 2 aromatic rings. The van der Waals surface area contributed by atoms with E-state index in [9.17, 15) is 9.59 Å². The molecule has 1 aromatic carbocycles. The zero-order valence-electron chi connectivity index (χ0n) is 12.8. The van der Waals surface area contributed by atoms with Crippen molar-refractivity contribution >= 4 is 17.5 Å². The van der Waals surface area contributed by atoms with Crippen LogP contribution in [0.1, 0.15) is 12.0 Å². The van der Waals surface area contributed by atoms with E-state index < -0.39 is 0 Å². The van der Waals surface area contributed by atoms with Crippen LogP contribution in [0.4, 0.5) is 0 Å². The second-order valence-corrected chi connectivity index (χ2v) is 5.42. The SMILES string of the molecule is Cc1ccc(Cl)c(OCC(=O)NCCCn2ncccc2=O)c1. The summed E-state index contributed by atoms with van der Waals surface area (Å²) >= 11 is 5.99. The number of halogens is 1. The van der Waals surface area contributed by atoms with Crippen molar-refractivity contribution in [3.63, 3.8) is 0 Å². The second kappa shape index (κ2) is 8.33. The predicted molar refractivity (Wildman–Crippen MR) is 87.8 cm³/mol.